The van der Waals surface area contributed by atoms with Crippen molar-refractivity contribution in [3.63, 3.8) is 0 Å². The predicted molar refractivity (Wildman–Crippen MR) is 65.9 cm³/mol. The average Bonchev–Trinajstić information content (AvgIpc) is 2.70. The van der Waals surface area contributed by atoms with E-state index in [1.807, 2.05) is 6.92 Å². The van der Waals surface area contributed by atoms with Crippen LogP contribution in [0, 0.1) is 17.2 Å². The average molecular weight is 260 g/mol. The van der Waals surface area contributed by atoms with Crippen LogP contribution in [0.5, 0.6) is 0 Å². The fourth-order valence-electron chi connectivity index (χ4n) is 3.05. The van der Waals surface area contributed by atoms with Crippen LogP contribution < -0.4 is 0 Å². The fourth-order valence-corrected chi connectivity index (χ4v) is 5.13. The Morgan fingerprint density at radius 2 is 2.17 bits per heavy atom. The lowest BCUT2D eigenvalue weighted by Gasteiger charge is -2.28. The second-order valence-corrected chi connectivity index (χ2v) is 6.71. The van der Waals surface area contributed by atoms with Crippen LogP contribution in [-0.2, 0) is 15.6 Å². The summed E-state index contributed by atoms with van der Waals surface area (Å²) in [4.78, 5) is 0.320. The number of nitrogens with zero attached hydrogens (tertiary/aromatic N) is 2. The molecule has 92 valence electrons. The van der Waals surface area contributed by atoms with E-state index < -0.39 is 21.5 Å². The van der Waals surface area contributed by atoms with Gasteiger partial charge in [0.1, 0.15) is 0 Å². The molecule has 1 aromatic carbocycles. The van der Waals surface area contributed by atoms with Gasteiger partial charge in [-0.1, -0.05) is 24.8 Å². The normalized spacial score (nSPS) is 32.9. The summed E-state index contributed by atoms with van der Waals surface area (Å²) in [6.45, 7) is 5.88. The highest BCUT2D eigenvalue weighted by atomic mass is 32.2. The van der Waals surface area contributed by atoms with Crippen molar-refractivity contribution in [2.75, 3.05) is 6.54 Å². The summed E-state index contributed by atoms with van der Waals surface area (Å²) in [7, 11) is -3.50. The van der Waals surface area contributed by atoms with E-state index in [1.165, 1.54) is 4.31 Å². The Hall–Kier alpha value is -1.64. The van der Waals surface area contributed by atoms with Gasteiger partial charge >= 0.3 is 0 Å². The molecule has 0 spiro atoms. The first-order valence-corrected chi connectivity index (χ1v) is 7.07. The number of sulfonamides is 1. The van der Waals surface area contributed by atoms with E-state index in [0.717, 1.165) is 0 Å². The summed E-state index contributed by atoms with van der Waals surface area (Å²) in [6, 6.07) is 9.10. The van der Waals surface area contributed by atoms with Crippen molar-refractivity contribution in [1.29, 1.82) is 5.26 Å². The molecule has 0 aliphatic carbocycles. The van der Waals surface area contributed by atoms with Crippen LogP contribution in [0.3, 0.4) is 0 Å². The Bertz CT molecular complexity index is 702. The molecule has 1 saturated heterocycles. The molecule has 2 heterocycles. The maximum absolute atomic E-state index is 12.5. The molecule has 4 nitrogen and oxygen atoms in total. The Morgan fingerprint density at radius 3 is 2.83 bits per heavy atom. The van der Waals surface area contributed by atoms with Crippen molar-refractivity contribution >= 4 is 10.0 Å². The Kier molecular flexibility index (Phi) is 2.05. The molecule has 0 bridgehead atoms. The van der Waals surface area contributed by atoms with E-state index in [2.05, 4.69) is 12.6 Å². The molecule has 0 aromatic heterocycles. The van der Waals surface area contributed by atoms with E-state index >= 15 is 0 Å². The van der Waals surface area contributed by atoms with Crippen LogP contribution in [0.4, 0.5) is 0 Å². The molecule has 0 saturated carbocycles. The van der Waals surface area contributed by atoms with Crippen LogP contribution >= 0.6 is 0 Å². The van der Waals surface area contributed by atoms with Crippen molar-refractivity contribution < 1.29 is 8.42 Å². The summed E-state index contributed by atoms with van der Waals surface area (Å²) in [5, 5.41) is 9.31. The summed E-state index contributed by atoms with van der Waals surface area (Å²) in [5.41, 5.74) is 0.564. The smallest absolute Gasteiger partial charge is 0.207 e. The van der Waals surface area contributed by atoms with Crippen molar-refractivity contribution in [3.05, 3.63) is 42.0 Å². The minimum atomic E-state index is -3.50. The third-order valence-corrected chi connectivity index (χ3v) is 5.97. The predicted octanol–water partition coefficient (Wildman–Crippen LogP) is 1.62. The van der Waals surface area contributed by atoms with Gasteiger partial charge in [0.15, 0.2) is 0 Å². The number of benzene rings is 1. The van der Waals surface area contributed by atoms with Gasteiger partial charge in [0.2, 0.25) is 10.0 Å². The van der Waals surface area contributed by atoms with Gasteiger partial charge in [0.25, 0.3) is 0 Å². The highest BCUT2D eigenvalue weighted by molar-refractivity contribution is 7.89. The van der Waals surface area contributed by atoms with Gasteiger partial charge in [-0.3, -0.25) is 0 Å². The molecule has 2 atom stereocenters. The largest absolute Gasteiger partial charge is 0.244 e. The monoisotopic (exact) mass is 260 g/mol. The summed E-state index contributed by atoms with van der Waals surface area (Å²) >= 11 is 0. The minimum absolute atomic E-state index is 0.228. The second-order valence-electron chi connectivity index (χ2n) is 4.88. The quantitative estimate of drug-likeness (QED) is 0.666. The van der Waals surface area contributed by atoms with E-state index in [4.69, 9.17) is 0 Å². The third kappa shape index (κ3) is 1.05. The van der Waals surface area contributed by atoms with Crippen molar-refractivity contribution in [3.8, 4) is 6.07 Å². The second kappa shape index (κ2) is 3.22. The molecular formula is C13H12N2O2S. The van der Waals surface area contributed by atoms with E-state index in [1.54, 1.807) is 24.3 Å². The zero-order valence-electron chi connectivity index (χ0n) is 9.92. The van der Waals surface area contributed by atoms with Crippen LogP contribution in [-0.4, -0.2) is 19.3 Å². The van der Waals surface area contributed by atoms with Gasteiger partial charge in [0, 0.05) is 6.54 Å². The van der Waals surface area contributed by atoms with Gasteiger partial charge in [-0.25, -0.2) is 8.42 Å². The lowest BCUT2D eigenvalue weighted by Crippen LogP contribution is -2.39. The molecule has 0 N–H and O–H groups in total. The van der Waals surface area contributed by atoms with Crippen LogP contribution in [0.15, 0.2) is 41.3 Å². The van der Waals surface area contributed by atoms with Crippen molar-refractivity contribution in [1.82, 2.24) is 4.31 Å². The topological polar surface area (TPSA) is 61.2 Å². The molecule has 0 unspecified atom stereocenters. The van der Waals surface area contributed by atoms with Crippen molar-refractivity contribution in [2.45, 2.75) is 17.4 Å². The molecule has 1 aromatic rings. The highest BCUT2D eigenvalue weighted by Crippen LogP contribution is 2.54. The number of hydrogen-bond donors (Lipinski definition) is 0. The Labute approximate surface area is 106 Å². The number of fused-ring (bicyclic) bond motifs is 3. The molecule has 5 heteroatoms. The van der Waals surface area contributed by atoms with Gasteiger partial charge in [-0.2, -0.15) is 9.57 Å². The standard InChI is InChI=1S/C13H12N2O2S/c1-9-8-15-13(2,11(9)7-14)10-5-3-4-6-12(10)18(15,16)17/h3-6,11H,1,8H2,2H3/t11-,13+/m0/s1. The molecule has 2 aliphatic rings. The molecule has 18 heavy (non-hydrogen) atoms. The first-order chi connectivity index (χ1) is 8.44. The molecule has 0 radical (unpaired) electrons. The van der Waals surface area contributed by atoms with E-state index in [9.17, 15) is 13.7 Å². The van der Waals surface area contributed by atoms with Crippen LogP contribution in [0.1, 0.15) is 12.5 Å². The first-order valence-electron chi connectivity index (χ1n) is 5.63. The SMILES string of the molecule is C=C1CN2[C@](C)(c3ccccc3S2(=O)=O)[C@H]1C#N. The van der Waals surface area contributed by atoms with E-state index in [0.29, 0.717) is 16.0 Å². The summed E-state index contributed by atoms with van der Waals surface area (Å²) in [6.07, 6.45) is 0. The van der Waals surface area contributed by atoms with Gasteiger partial charge < -0.3 is 0 Å². The lowest BCUT2D eigenvalue weighted by atomic mass is 9.80. The fraction of sp³-hybridized carbons (Fsp3) is 0.308. The summed E-state index contributed by atoms with van der Waals surface area (Å²) < 4.78 is 26.3. The maximum atomic E-state index is 12.5. The molecule has 2 aliphatic heterocycles. The Balaban J connectivity index is 2.38. The number of hydrogen-bond acceptors (Lipinski definition) is 3. The number of nitriles is 1. The highest BCUT2D eigenvalue weighted by Gasteiger charge is 2.60. The summed E-state index contributed by atoms with van der Waals surface area (Å²) in [5.74, 6) is -0.490. The van der Waals surface area contributed by atoms with E-state index in [-0.39, 0.29) is 6.54 Å². The number of rotatable bonds is 0. The van der Waals surface area contributed by atoms with Crippen molar-refractivity contribution in [2.24, 2.45) is 5.92 Å². The van der Waals surface area contributed by atoms with Crippen LogP contribution in [0.2, 0.25) is 0 Å². The van der Waals surface area contributed by atoms with Gasteiger partial charge in [-0.05, 0) is 24.1 Å². The van der Waals surface area contributed by atoms with Crippen LogP contribution in [0.25, 0.3) is 0 Å². The first kappa shape index (κ1) is 11.5. The molecule has 0 amide bonds. The van der Waals surface area contributed by atoms with Gasteiger partial charge in [-0.15, -0.1) is 0 Å². The molecule has 3 rings (SSSR count). The van der Waals surface area contributed by atoms with Gasteiger partial charge in [0.05, 0.1) is 22.4 Å². The molecule has 1 fully saturated rings. The zero-order valence-corrected chi connectivity index (χ0v) is 10.7. The molecular weight excluding hydrogens is 248 g/mol. The zero-order chi connectivity index (χ0) is 13.1. The Morgan fingerprint density at radius 1 is 1.50 bits per heavy atom. The lowest BCUT2D eigenvalue weighted by molar-refractivity contribution is 0.254. The maximum Gasteiger partial charge on any atom is 0.244 e. The third-order valence-electron chi connectivity index (χ3n) is 3.96. The minimum Gasteiger partial charge on any atom is -0.207 e.